The molecule has 1 aromatic heterocycles. The van der Waals surface area contributed by atoms with Gasteiger partial charge in [0.15, 0.2) is 0 Å². The predicted octanol–water partition coefficient (Wildman–Crippen LogP) is 1.69. The highest BCUT2D eigenvalue weighted by Crippen LogP contribution is 2.23. The lowest BCUT2D eigenvalue weighted by atomic mass is 9.95. The zero-order valence-corrected chi connectivity index (χ0v) is 17.1. The number of primary amides is 1. The van der Waals surface area contributed by atoms with Crippen LogP contribution < -0.4 is 11.5 Å². The Balaban J connectivity index is 2.25. The van der Waals surface area contributed by atoms with Crippen LogP contribution in [-0.4, -0.2) is 45.4 Å². The highest BCUT2D eigenvalue weighted by molar-refractivity contribution is 5.90. The zero-order chi connectivity index (χ0) is 21.7. The Bertz CT molecular complexity index is 889. The van der Waals surface area contributed by atoms with Gasteiger partial charge in [0.05, 0.1) is 6.04 Å². The number of carbonyl (C=O) groups is 2. The number of nitrogens with zero attached hydrogens (tertiary/aromatic N) is 2. The monoisotopic (exact) mass is 396 g/mol. The van der Waals surface area contributed by atoms with Crippen LogP contribution in [0.15, 0.2) is 43.2 Å². The van der Waals surface area contributed by atoms with E-state index < -0.39 is 23.9 Å². The number of phenols is 1. The topological polar surface area (TPSA) is 123 Å². The second-order valence-corrected chi connectivity index (χ2v) is 7.26. The van der Waals surface area contributed by atoms with Crippen LogP contribution in [0.2, 0.25) is 0 Å². The van der Waals surface area contributed by atoms with Crippen LogP contribution in [-0.2, 0) is 16.0 Å². The Labute approximate surface area is 171 Å². The van der Waals surface area contributed by atoms with Crippen LogP contribution in [0.25, 0.3) is 5.57 Å². The number of aryl methyl sites for hydroxylation is 2. The summed E-state index contributed by atoms with van der Waals surface area (Å²) in [5, 5.41) is 9.72. The van der Waals surface area contributed by atoms with Crippen LogP contribution >= 0.6 is 0 Å². The van der Waals surface area contributed by atoms with Gasteiger partial charge in [0, 0.05) is 18.9 Å². The maximum atomic E-state index is 13.1. The van der Waals surface area contributed by atoms with Crippen molar-refractivity contribution in [1.29, 1.82) is 0 Å². The molecule has 2 atom stereocenters. The molecule has 2 rings (SSSR count). The van der Waals surface area contributed by atoms with Gasteiger partial charge in [-0.15, -0.1) is 0 Å². The largest absolute Gasteiger partial charge is 0.508 e. The van der Waals surface area contributed by atoms with Crippen molar-refractivity contribution < 1.29 is 14.7 Å². The smallest absolute Gasteiger partial charge is 0.240 e. The van der Waals surface area contributed by atoms with Gasteiger partial charge in [0.2, 0.25) is 11.8 Å². The number of phenolic OH excluding ortho intramolecular Hbond substituents is 1. The molecule has 2 amide bonds. The molecular formula is C22H28N4O3. The summed E-state index contributed by atoms with van der Waals surface area (Å²) in [7, 11) is 0. The number of hydrogen-bond donors (Lipinski definition) is 3. The van der Waals surface area contributed by atoms with E-state index in [1.165, 1.54) is 4.90 Å². The number of pyridine rings is 1. The second kappa shape index (κ2) is 9.34. The highest BCUT2D eigenvalue weighted by atomic mass is 16.3. The fourth-order valence-corrected chi connectivity index (χ4v) is 3.24. The number of aromatic nitrogens is 1. The van der Waals surface area contributed by atoms with Gasteiger partial charge in [-0.2, -0.15) is 0 Å². The summed E-state index contributed by atoms with van der Waals surface area (Å²) in [4.78, 5) is 30.4. The molecule has 7 heteroatoms. The van der Waals surface area contributed by atoms with E-state index in [0.29, 0.717) is 5.57 Å². The normalized spacial score (nSPS) is 12.8. The third-order valence-electron chi connectivity index (χ3n) is 5.02. The first-order chi connectivity index (χ1) is 13.6. The van der Waals surface area contributed by atoms with E-state index in [4.69, 9.17) is 11.5 Å². The van der Waals surface area contributed by atoms with E-state index in [-0.39, 0.29) is 18.7 Å². The molecule has 0 spiro atoms. The zero-order valence-electron chi connectivity index (χ0n) is 17.1. The summed E-state index contributed by atoms with van der Waals surface area (Å²) >= 11 is 0. The number of nitrogens with two attached hydrogens (primary N) is 2. The third-order valence-corrected chi connectivity index (χ3v) is 5.02. The van der Waals surface area contributed by atoms with Gasteiger partial charge >= 0.3 is 0 Å². The minimum absolute atomic E-state index is 0.107. The van der Waals surface area contributed by atoms with Gasteiger partial charge in [-0.05, 0) is 73.2 Å². The molecule has 154 valence electrons. The average molecular weight is 396 g/mol. The number of rotatable bonds is 8. The summed E-state index contributed by atoms with van der Waals surface area (Å²) in [6, 6.07) is 5.15. The summed E-state index contributed by atoms with van der Waals surface area (Å²) in [6.45, 7) is 9.40. The highest BCUT2D eigenvalue weighted by Gasteiger charge is 2.29. The van der Waals surface area contributed by atoms with Crippen molar-refractivity contribution in [3.05, 3.63) is 65.5 Å². The van der Waals surface area contributed by atoms with Gasteiger partial charge in [-0.1, -0.05) is 12.6 Å². The fourth-order valence-electron chi connectivity index (χ4n) is 3.24. The minimum atomic E-state index is -0.875. The van der Waals surface area contributed by atoms with E-state index in [1.807, 2.05) is 19.9 Å². The van der Waals surface area contributed by atoms with E-state index in [0.717, 1.165) is 22.3 Å². The van der Waals surface area contributed by atoms with Crippen LogP contribution in [0.1, 0.15) is 29.2 Å². The van der Waals surface area contributed by atoms with Gasteiger partial charge in [0.25, 0.3) is 0 Å². The first-order valence-corrected chi connectivity index (χ1v) is 9.34. The fraction of sp³-hybridized carbons (Fsp3) is 0.318. The average Bonchev–Trinajstić information content (AvgIpc) is 2.68. The van der Waals surface area contributed by atoms with Gasteiger partial charge in [-0.3, -0.25) is 14.6 Å². The molecule has 0 radical (unpaired) electrons. The van der Waals surface area contributed by atoms with Gasteiger partial charge in [-0.25, -0.2) is 0 Å². The van der Waals surface area contributed by atoms with Crippen molar-refractivity contribution in [3.63, 3.8) is 0 Å². The van der Waals surface area contributed by atoms with E-state index in [9.17, 15) is 14.7 Å². The van der Waals surface area contributed by atoms with Crippen LogP contribution in [0.3, 0.4) is 0 Å². The molecule has 0 saturated carbocycles. The molecule has 5 N–H and O–H groups in total. The number of hydrogen-bond acceptors (Lipinski definition) is 5. The minimum Gasteiger partial charge on any atom is -0.508 e. The number of benzene rings is 1. The number of amides is 2. The van der Waals surface area contributed by atoms with Crippen molar-refractivity contribution in [3.8, 4) is 5.75 Å². The number of carbonyl (C=O) groups excluding carboxylic acids is 2. The Morgan fingerprint density at radius 1 is 1.28 bits per heavy atom. The lowest BCUT2D eigenvalue weighted by molar-refractivity contribution is -0.139. The Hall–Kier alpha value is -3.19. The van der Waals surface area contributed by atoms with Crippen molar-refractivity contribution in [2.75, 3.05) is 6.54 Å². The maximum Gasteiger partial charge on any atom is 0.240 e. The van der Waals surface area contributed by atoms with E-state index in [1.54, 1.807) is 37.5 Å². The quantitative estimate of drug-likeness (QED) is 0.627. The molecular weight excluding hydrogens is 368 g/mol. The Kier molecular flexibility index (Phi) is 7.12. The predicted molar refractivity (Wildman–Crippen MR) is 113 cm³/mol. The van der Waals surface area contributed by atoms with Crippen molar-refractivity contribution in [2.24, 2.45) is 11.5 Å². The summed E-state index contributed by atoms with van der Waals surface area (Å²) in [5.74, 6) is -0.852. The Morgan fingerprint density at radius 2 is 1.90 bits per heavy atom. The maximum absolute atomic E-state index is 13.1. The van der Waals surface area contributed by atoms with Crippen molar-refractivity contribution >= 4 is 17.4 Å². The molecule has 0 aliphatic heterocycles. The van der Waals surface area contributed by atoms with Crippen LogP contribution in [0.5, 0.6) is 5.75 Å². The van der Waals surface area contributed by atoms with Crippen molar-refractivity contribution in [2.45, 2.75) is 39.3 Å². The molecule has 0 fully saturated rings. The molecule has 1 heterocycles. The molecule has 29 heavy (non-hydrogen) atoms. The molecule has 7 nitrogen and oxygen atoms in total. The molecule has 1 aromatic carbocycles. The SMILES string of the molecule is C=C(CN(C(=O)C(N)Cc1c(C)cc(O)cc1C)[C@H](C)C(N)=O)c1cccnc1. The second-order valence-electron chi connectivity index (χ2n) is 7.26. The van der Waals surface area contributed by atoms with Crippen LogP contribution in [0, 0.1) is 13.8 Å². The lowest BCUT2D eigenvalue weighted by Crippen LogP contribution is -2.53. The van der Waals surface area contributed by atoms with Gasteiger partial charge < -0.3 is 21.5 Å². The van der Waals surface area contributed by atoms with Crippen LogP contribution in [0.4, 0.5) is 0 Å². The first kappa shape index (κ1) is 22.1. The summed E-state index contributed by atoms with van der Waals surface area (Å²) < 4.78 is 0. The van der Waals surface area contributed by atoms with E-state index >= 15 is 0 Å². The molecule has 0 aliphatic rings. The molecule has 1 unspecified atom stereocenters. The Morgan fingerprint density at radius 3 is 2.41 bits per heavy atom. The summed E-state index contributed by atoms with van der Waals surface area (Å²) in [5.41, 5.74) is 15.7. The van der Waals surface area contributed by atoms with E-state index in [2.05, 4.69) is 11.6 Å². The van der Waals surface area contributed by atoms with Gasteiger partial charge in [0.1, 0.15) is 11.8 Å². The third kappa shape index (κ3) is 5.42. The summed E-state index contributed by atoms with van der Waals surface area (Å²) in [6.07, 6.45) is 3.56. The molecule has 0 saturated heterocycles. The molecule has 0 aliphatic carbocycles. The molecule has 2 aromatic rings. The first-order valence-electron chi connectivity index (χ1n) is 9.34. The number of aromatic hydroxyl groups is 1. The lowest BCUT2D eigenvalue weighted by Gasteiger charge is -2.31. The molecule has 0 bridgehead atoms. The van der Waals surface area contributed by atoms with Crippen molar-refractivity contribution in [1.82, 2.24) is 9.88 Å². The standard InChI is InChI=1S/C22H28N4O3/c1-13-8-18(27)9-14(2)19(13)10-20(23)22(29)26(16(4)21(24)28)12-15(3)17-6-5-7-25-11-17/h5-9,11,16,20,27H,3,10,12,23H2,1-2,4H3,(H2,24,28)/t16-,20?/m1/s1.